The Balaban J connectivity index is 0.000000238. The molecule has 0 fully saturated rings. The van der Waals surface area contributed by atoms with Crippen LogP contribution in [-0.2, 0) is 10.2 Å². The third-order valence-electron chi connectivity index (χ3n) is 6.30. The maximum absolute atomic E-state index is 11.6. The average Bonchev–Trinajstić information content (AvgIpc) is 3.09. The molecule has 0 bridgehead atoms. The van der Waals surface area contributed by atoms with Crippen molar-refractivity contribution in [3.05, 3.63) is 174 Å². The molecule has 0 saturated heterocycles. The number of carbonyl (C=O) groups is 1. The van der Waals surface area contributed by atoms with Gasteiger partial charge < -0.3 is 10.1 Å². The number of rotatable bonds is 10. The molecule has 0 aliphatic heterocycles. The van der Waals surface area contributed by atoms with Gasteiger partial charge >= 0.3 is 0 Å². The van der Waals surface area contributed by atoms with Crippen molar-refractivity contribution in [2.45, 2.75) is 36.0 Å². The second-order valence-corrected chi connectivity index (χ2v) is 14.2. The van der Waals surface area contributed by atoms with Gasteiger partial charge in [0.15, 0.2) is 0 Å². The van der Waals surface area contributed by atoms with E-state index in [4.69, 9.17) is 4.74 Å². The predicted octanol–water partition coefficient (Wildman–Crippen LogP) is 12.0. The summed E-state index contributed by atoms with van der Waals surface area (Å²) in [6, 6.07) is 47.7. The van der Waals surface area contributed by atoms with Crippen LogP contribution in [0.3, 0.4) is 0 Å². The second-order valence-electron chi connectivity index (χ2n) is 11.0. The average molecular weight is 675 g/mol. The lowest BCUT2D eigenvalue weighted by Crippen LogP contribution is -2.11. The molecule has 0 aliphatic carbocycles. The van der Waals surface area contributed by atoms with E-state index in [2.05, 4.69) is 55.3 Å². The molecule has 4 nitrogen and oxygen atoms in total. The van der Waals surface area contributed by atoms with Crippen molar-refractivity contribution in [2.75, 3.05) is 5.32 Å². The fraction of sp³-hybridized carbons (Fsp3) is 0.100. The molecule has 0 saturated carbocycles. The van der Waals surface area contributed by atoms with Gasteiger partial charge in [-0.15, -0.1) is 0 Å². The monoisotopic (exact) mass is 674 g/mol. The number of nitrogens with one attached hydrogen (secondary N) is 1. The zero-order valence-electron chi connectivity index (χ0n) is 26.7. The Kier molecular flexibility index (Phi) is 14.5. The summed E-state index contributed by atoms with van der Waals surface area (Å²) >= 11 is 1.52. The molecule has 7 heteroatoms. The quantitative estimate of drug-likeness (QED) is 0.0525. The Morgan fingerprint density at radius 2 is 1.21 bits per heavy atom. The zero-order chi connectivity index (χ0) is 33.2. The number of thioether (sulfide) groups is 1. The summed E-state index contributed by atoms with van der Waals surface area (Å²) in [4.78, 5) is 18.6. The fourth-order valence-corrected chi connectivity index (χ4v) is 6.16. The van der Waals surface area contributed by atoms with E-state index in [9.17, 15) is 4.79 Å². The number of hydrogen-bond donors (Lipinski definition) is 1. The molecule has 0 aromatic heterocycles. The normalized spacial score (nSPS) is 11.6. The summed E-state index contributed by atoms with van der Waals surface area (Å²) in [7, 11) is 3.34. The van der Waals surface area contributed by atoms with E-state index < -0.39 is 0 Å². The van der Waals surface area contributed by atoms with Crippen LogP contribution in [-0.4, -0.2) is 11.8 Å². The van der Waals surface area contributed by atoms with Crippen molar-refractivity contribution in [3.8, 4) is 5.75 Å². The van der Waals surface area contributed by atoms with E-state index in [1.165, 1.54) is 28.3 Å². The topological polar surface area (TPSA) is 50.7 Å². The molecular weight excluding hydrogens is 637 g/mol. The van der Waals surface area contributed by atoms with Crippen LogP contribution < -0.4 is 10.1 Å². The summed E-state index contributed by atoms with van der Waals surface area (Å²) in [5.41, 5.74) is 3.05. The number of benzene rings is 5. The number of ether oxygens (including phenoxy) is 1. The third-order valence-corrected chi connectivity index (χ3v) is 9.12. The lowest BCUT2D eigenvalue weighted by atomic mass is 9.87. The molecule has 0 aliphatic rings. The van der Waals surface area contributed by atoms with E-state index in [1.807, 2.05) is 133 Å². The van der Waals surface area contributed by atoms with Gasteiger partial charge in [-0.2, -0.15) is 0 Å². The highest BCUT2D eigenvalue weighted by atomic mass is 33.1. The maximum atomic E-state index is 11.6. The largest absolute Gasteiger partial charge is 0.439 e. The first-order valence-electron chi connectivity index (χ1n) is 15.1. The zero-order valence-corrected chi connectivity index (χ0v) is 29.1. The van der Waals surface area contributed by atoms with Gasteiger partial charge in [-0.05, 0) is 82.5 Å². The molecular formula is C40H38N2O2S3. The van der Waals surface area contributed by atoms with Crippen molar-refractivity contribution < 1.29 is 9.53 Å². The van der Waals surface area contributed by atoms with Gasteiger partial charge in [0, 0.05) is 27.6 Å². The fourth-order valence-electron chi connectivity index (χ4n) is 3.89. The van der Waals surface area contributed by atoms with E-state index in [0.29, 0.717) is 5.90 Å². The van der Waals surface area contributed by atoms with Gasteiger partial charge in [0.25, 0.3) is 0 Å². The third kappa shape index (κ3) is 13.8. The van der Waals surface area contributed by atoms with Crippen LogP contribution in [0, 0.1) is 0 Å². The highest BCUT2D eigenvalue weighted by molar-refractivity contribution is 8.77. The first kappa shape index (κ1) is 35.4. The number of hydrogen-bond acceptors (Lipinski definition) is 6. The van der Waals surface area contributed by atoms with Crippen molar-refractivity contribution >= 4 is 56.5 Å². The van der Waals surface area contributed by atoms with Crippen molar-refractivity contribution in [1.82, 2.24) is 0 Å². The van der Waals surface area contributed by atoms with Crippen molar-refractivity contribution in [2.24, 2.45) is 4.99 Å². The molecule has 0 heterocycles. The molecule has 47 heavy (non-hydrogen) atoms. The van der Waals surface area contributed by atoms with Crippen molar-refractivity contribution in [3.63, 3.8) is 0 Å². The van der Waals surface area contributed by atoms with Gasteiger partial charge in [0.2, 0.25) is 11.8 Å². The number of aliphatic imine (C=N–C) groups is 1. The second kappa shape index (κ2) is 19.3. The minimum atomic E-state index is -0.121. The number of anilines is 1. The standard InChI is InChI=1S/C25H25NOS2.C15H13NOS/c1-25(2,3)20-14-16-22(17-15-20)27-24(26-21-10-6-4-7-11-21)18-19-28-29-23-12-8-5-9-13-23;17-15(16-13-7-3-1-4-8-13)11-12-18-14-9-5-2-6-10-14/h4-19H,1-3H3;1-12H,(H,16,17)/b19-18+,26-24-;12-11-. The Morgan fingerprint density at radius 1 is 0.660 bits per heavy atom. The molecule has 0 spiro atoms. The van der Waals surface area contributed by atoms with E-state index in [-0.39, 0.29) is 11.3 Å². The summed E-state index contributed by atoms with van der Waals surface area (Å²) in [6.07, 6.45) is 3.44. The summed E-state index contributed by atoms with van der Waals surface area (Å²) in [5, 5.41) is 6.58. The number of carbonyl (C=O) groups excluding carboxylic acids is 1. The molecule has 5 aromatic rings. The molecule has 1 amide bonds. The van der Waals surface area contributed by atoms with E-state index >= 15 is 0 Å². The number of nitrogens with zero attached hydrogens (tertiary/aromatic N) is 1. The molecule has 0 atom stereocenters. The van der Waals surface area contributed by atoms with Crippen LogP contribution in [0.15, 0.2) is 183 Å². The highest BCUT2D eigenvalue weighted by Gasteiger charge is 2.13. The molecule has 5 aromatic carbocycles. The smallest absolute Gasteiger partial charge is 0.248 e. The van der Waals surface area contributed by atoms with Crippen LogP contribution in [0.25, 0.3) is 0 Å². The van der Waals surface area contributed by atoms with Gasteiger partial charge in [-0.3, -0.25) is 4.79 Å². The van der Waals surface area contributed by atoms with Gasteiger partial charge in [0.1, 0.15) is 5.75 Å². The predicted molar refractivity (Wildman–Crippen MR) is 205 cm³/mol. The number of para-hydroxylation sites is 2. The number of amides is 1. The van der Waals surface area contributed by atoms with Gasteiger partial charge in [-0.25, -0.2) is 4.99 Å². The van der Waals surface area contributed by atoms with E-state index in [1.54, 1.807) is 27.0 Å². The SMILES string of the molecule is CC(C)(C)c1ccc(OC(/C=C/SSc2ccccc2)=N\c2ccccc2)cc1.O=C(/C=C\Sc1ccccc1)Nc1ccccc1. The Hall–Kier alpha value is -4.43. The van der Waals surface area contributed by atoms with Gasteiger partial charge in [-0.1, -0.05) is 139 Å². The van der Waals surface area contributed by atoms with Crippen LogP contribution in [0.4, 0.5) is 11.4 Å². The van der Waals surface area contributed by atoms with Crippen LogP contribution >= 0.6 is 33.3 Å². The highest BCUT2D eigenvalue weighted by Crippen LogP contribution is 2.31. The Morgan fingerprint density at radius 3 is 1.81 bits per heavy atom. The lowest BCUT2D eigenvalue weighted by Gasteiger charge is -2.19. The molecule has 1 N–H and O–H groups in total. The first-order valence-corrected chi connectivity index (χ1v) is 18.2. The minimum Gasteiger partial charge on any atom is -0.439 e. The Labute approximate surface area is 290 Å². The van der Waals surface area contributed by atoms with Crippen LogP contribution in [0.1, 0.15) is 26.3 Å². The molecule has 0 radical (unpaired) electrons. The van der Waals surface area contributed by atoms with Crippen LogP contribution in [0.2, 0.25) is 0 Å². The minimum absolute atomic E-state index is 0.116. The summed E-state index contributed by atoms with van der Waals surface area (Å²) in [5.74, 6) is 1.21. The first-order chi connectivity index (χ1) is 22.8. The van der Waals surface area contributed by atoms with Crippen molar-refractivity contribution in [1.29, 1.82) is 0 Å². The summed E-state index contributed by atoms with van der Waals surface area (Å²) < 4.78 is 6.08. The summed E-state index contributed by atoms with van der Waals surface area (Å²) in [6.45, 7) is 6.61. The lowest BCUT2D eigenvalue weighted by molar-refractivity contribution is -0.111. The molecule has 5 rings (SSSR count). The Bertz CT molecular complexity index is 1720. The molecule has 238 valence electrons. The molecule has 0 unspecified atom stereocenters. The van der Waals surface area contributed by atoms with Gasteiger partial charge in [0.05, 0.1) is 5.69 Å². The van der Waals surface area contributed by atoms with Crippen LogP contribution in [0.5, 0.6) is 5.75 Å². The maximum Gasteiger partial charge on any atom is 0.248 e. The van der Waals surface area contributed by atoms with E-state index in [0.717, 1.165) is 22.0 Å².